The first kappa shape index (κ1) is 21.4. The van der Waals surface area contributed by atoms with E-state index in [2.05, 4.69) is 0 Å². The zero-order valence-corrected chi connectivity index (χ0v) is 17.5. The summed E-state index contributed by atoms with van der Waals surface area (Å²) in [5, 5.41) is 11.5. The van der Waals surface area contributed by atoms with Crippen LogP contribution in [0.4, 0.5) is 16.2 Å². The first-order valence-corrected chi connectivity index (χ1v) is 9.91. The SMILES string of the molecule is CC(C)(C)OC(=O)N1CCN(c2cc(OCc3ccccc3)ccc2[N+](=O)[O-])CC1. The van der Waals surface area contributed by atoms with Crippen molar-refractivity contribution in [2.24, 2.45) is 0 Å². The third kappa shape index (κ3) is 5.62. The van der Waals surface area contributed by atoms with Crippen molar-refractivity contribution >= 4 is 17.5 Å². The number of carbonyl (C=O) groups is 1. The van der Waals surface area contributed by atoms with Gasteiger partial charge in [0.1, 0.15) is 23.6 Å². The highest BCUT2D eigenvalue weighted by Crippen LogP contribution is 2.33. The standard InChI is InChI=1S/C22H27N3O5/c1-22(2,3)30-21(26)24-13-11-23(12-14-24)20-15-18(9-10-19(20)25(27)28)29-16-17-7-5-4-6-8-17/h4-10,15H,11-14,16H2,1-3H3. The lowest BCUT2D eigenvalue weighted by Gasteiger charge is -2.36. The number of nitrogens with zero attached hydrogens (tertiary/aromatic N) is 3. The smallest absolute Gasteiger partial charge is 0.410 e. The van der Waals surface area contributed by atoms with Crippen LogP contribution in [0.1, 0.15) is 26.3 Å². The summed E-state index contributed by atoms with van der Waals surface area (Å²) in [5.74, 6) is 0.564. The minimum Gasteiger partial charge on any atom is -0.489 e. The molecule has 30 heavy (non-hydrogen) atoms. The van der Waals surface area contributed by atoms with Crippen LogP contribution in [-0.2, 0) is 11.3 Å². The Morgan fingerprint density at radius 2 is 1.73 bits per heavy atom. The normalized spacial score (nSPS) is 14.4. The van der Waals surface area contributed by atoms with E-state index in [1.165, 1.54) is 6.07 Å². The van der Waals surface area contributed by atoms with Gasteiger partial charge in [-0.15, -0.1) is 0 Å². The van der Waals surface area contributed by atoms with E-state index in [4.69, 9.17) is 9.47 Å². The molecule has 8 heteroatoms. The zero-order chi connectivity index (χ0) is 21.7. The Bertz CT molecular complexity index is 887. The van der Waals surface area contributed by atoms with Crippen LogP contribution in [0.3, 0.4) is 0 Å². The van der Waals surface area contributed by atoms with Crippen molar-refractivity contribution < 1.29 is 19.2 Å². The van der Waals surface area contributed by atoms with Gasteiger partial charge in [-0.25, -0.2) is 4.79 Å². The summed E-state index contributed by atoms with van der Waals surface area (Å²) < 4.78 is 11.3. The Morgan fingerprint density at radius 3 is 2.33 bits per heavy atom. The molecular formula is C22H27N3O5. The number of hydrogen-bond acceptors (Lipinski definition) is 6. The molecule has 2 aromatic rings. The number of nitro benzene ring substituents is 1. The third-order valence-corrected chi connectivity index (χ3v) is 4.66. The Kier molecular flexibility index (Phi) is 6.44. The fourth-order valence-corrected chi connectivity index (χ4v) is 3.20. The van der Waals surface area contributed by atoms with Gasteiger partial charge in [-0.1, -0.05) is 30.3 Å². The van der Waals surface area contributed by atoms with Crippen LogP contribution >= 0.6 is 0 Å². The van der Waals surface area contributed by atoms with E-state index in [1.54, 1.807) is 17.0 Å². The van der Waals surface area contributed by atoms with Crippen molar-refractivity contribution in [3.05, 3.63) is 64.2 Å². The summed E-state index contributed by atoms with van der Waals surface area (Å²) in [6.45, 7) is 7.67. The van der Waals surface area contributed by atoms with Crippen LogP contribution in [0.2, 0.25) is 0 Å². The summed E-state index contributed by atoms with van der Waals surface area (Å²) in [6.07, 6.45) is -0.364. The average Bonchev–Trinajstić information content (AvgIpc) is 2.71. The topological polar surface area (TPSA) is 85.2 Å². The predicted molar refractivity (Wildman–Crippen MR) is 114 cm³/mol. The lowest BCUT2D eigenvalue weighted by molar-refractivity contribution is -0.384. The van der Waals surface area contributed by atoms with Crippen LogP contribution in [0.5, 0.6) is 5.75 Å². The maximum absolute atomic E-state index is 12.3. The van der Waals surface area contributed by atoms with Crippen LogP contribution in [0.25, 0.3) is 0 Å². The molecule has 0 aliphatic carbocycles. The maximum atomic E-state index is 12.3. The van der Waals surface area contributed by atoms with Gasteiger partial charge in [0.2, 0.25) is 0 Å². The van der Waals surface area contributed by atoms with Crippen molar-refractivity contribution in [3.8, 4) is 5.75 Å². The van der Waals surface area contributed by atoms with Crippen molar-refractivity contribution in [3.63, 3.8) is 0 Å². The quantitative estimate of drug-likeness (QED) is 0.539. The Labute approximate surface area is 176 Å². The number of hydrogen-bond donors (Lipinski definition) is 0. The van der Waals surface area contributed by atoms with Crippen LogP contribution in [-0.4, -0.2) is 47.7 Å². The third-order valence-electron chi connectivity index (χ3n) is 4.66. The van der Waals surface area contributed by atoms with Gasteiger partial charge in [-0.2, -0.15) is 0 Å². The summed E-state index contributed by atoms with van der Waals surface area (Å²) in [7, 11) is 0. The Hall–Kier alpha value is -3.29. The second-order valence-electron chi connectivity index (χ2n) is 8.14. The predicted octanol–water partition coefficient (Wildman–Crippen LogP) is 4.23. The van der Waals surface area contributed by atoms with Crippen LogP contribution in [0.15, 0.2) is 48.5 Å². The highest BCUT2D eigenvalue weighted by atomic mass is 16.6. The highest BCUT2D eigenvalue weighted by molar-refractivity contribution is 5.70. The monoisotopic (exact) mass is 413 g/mol. The maximum Gasteiger partial charge on any atom is 0.410 e. The molecule has 0 aromatic heterocycles. The molecule has 1 heterocycles. The highest BCUT2D eigenvalue weighted by Gasteiger charge is 2.28. The second-order valence-corrected chi connectivity index (χ2v) is 8.14. The molecule has 1 amide bonds. The van der Waals surface area contributed by atoms with Crippen molar-refractivity contribution in [2.45, 2.75) is 33.0 Å². The van der Waals surface area contributed by atoms with Gasteiger partial charge in [0.05, 0.1) is 4.92 Å². The molecule has 0 spiro atoms. The van der Waals surface area contributed by atoms with Gasteiger partial charge in [0.25, 0.3) is 5.69 Å². The molecule has 1 aliphatic heterocycles. The van der Waals surface area contributed by atoms with Crippen LogP contribution in [0, 0.1) is 10.1 Å². The molecule has 0 unspecified atom stereocenters. The van der Waals surface area contributed by atoms with Gasteiger partial charge in [0.15, 0.2) is 0 Å². The lowest BCUT2D eigenvalue weighted by Crippen LogP contribution is -2.50. The van der Waals surface area contributed by atoms with Gasteiger partial charge < -0.3 is 19.3 Å². The van der Waals surface area contributed by atoms with E-state index in [9.17, 15) is 14.9 Å². The van der Waals surface area contributed by atoms with E-state index in [0.29, 0.717) is 44.2 Å². The van der Waals surface area contributed by atoms with Gasteiger partial charge in [0, 0.05) is 38.3 Å². The second kappa shape index (κ2) is 9.02. The van der Waals surface area contributed by atoms with Crippen molar-refractivity contribution in [1.82, 2.24) is 4.90 Å². The van der Waals surface area contributed by atoms with E-state index in [0.717, 1.165) is 5.56 Å². The van der Waals surface area contributed by atoms with Crippen LogP contribution < -0.4 is 9.64 Å². The van der Waals surface area contributed by atoms with Gasteiger partial charge >= 0.3 is 6.09 Å². The Morgan fingerprint density at radius 1 is 1.07 bits per heavy atom. The summed E-state index contributed by atoms with van der Waals surface area (Å²) in [6, 6.07) is 14.5. The summed E-state index contributed by atoms with van der Waals surface area (Å²) in [5.41, 5.74) is 0.975. The number of nitro groups is 1. The fourth-order valence-electron chi connectivity index (χ4n) is 3.20. The number of amides is 1. The molecule has 1 fully saturated rings. The minimum absolute atomic E-state index is 0.0211. The number of carbonyl (C=O) groups excluding carboxylic acids is 1. The van der Waals surface area contributed by atoms with Gasteiger partial charge in [-0.05, 0) is 32.4 Å². The van der Waals surface area contributed by atoms with E-state index in [1.807, 2.05) is 56.0 Å². The van der Waals surface area contributed by atoms with E-state index >= 15 is 0 Å². The Balaban J connectivity index is 1.69. The number of piperazine rings is 1. The molecular weight excluding hydrogens is 386 g/mol. The fraction of sp³-hybridized carbons (Fsp3) is 0.409. The molecule has 0 atom stereocenters. The average molecular weight is 413 g/mol. The molecule has 160 valence electrons. The molecule has 1 saturated heterocycles. The molecule has 1 aliphatic rings. The molecule has 0 N–H and O–H groups in total. The van der Waals surface area contributed by atoms with Crippen molar-refractivity contribution in [1.29, 1.82) is 0 Å². The molecule has 3 rings (SSSR count). The number of rotatable bonds is 5. The number of benzene rings is 2. The molecule has 2 aromatic carbocycles. The number of anilines is 1. The molecule has 0 radical (unpaired) electrons. The molecule has 8 nitrogen and oxygen atoms in total. The largest absolute Gasteiger partial charge is 0.489 e. The number of ether oxygens (including phenoxy) is 2. The minimum atomic E-state index is -0.558. The first-order valence-electron chi connectivity index (χ1n) is 9.91. The first-order chi connectivity index (χ1) is 14.2. The summed E-state index contributed by atoms with van der Waals surface area (Å²) >= 11 is 0. The molecule has 0 bridgehead atoms. The molecule has 0 saturated carbocycles. The zero-order valence-electron chi connectivity index (χ0n) is 17.5. The lowest BCUT2D eigenvalue weighted by atomic mass is 10.2. The summed E-state index contributed by atoms with van der Waals surface area (Å²) in [4.78, 5) is 26.9. The van der Waals surface area contributed by atoms with Gasteiger partial charge in [-0.3, -0.25) is 10.1 Å². The van der Waals surface area contributed by atoms with Crippen molar-refractivity contribution in [2.75, 3.05) is 31.1 Å². The van der Waals surface area contributed by atoms with E-state index in [-0.39, 0.29) is 11.8 Å². The van der Waals surface area contributed by atoms with E-state index < -0.39 is 10.5 Å².